The summed E-state index contributed by atoms with van der Waals surface area (Å²) in [6, 6.07) is 6.22. The Labute approximate surface area is 117 Å². The fourth-order valence-electron chi connectivity index (χ4n) is 1.78. The fourth-order valence-corrected chi connectivity index (χ4v) is 2.81. The lowest BCUT2D eigenvalue weighted by molar-refractivity contribution is 0.324. The first-order chi connectivity index (χ1) is 8.79. The van der Waals surface area contributed by atoms with Gasteiger partial charge in [-0.1, -0.05) is 26.8 Å². The quantitative estimate of drug-likeness (QED) is 0.840. The molecule has 1 aromatic rings. The summed E-state index contributed by atoms with van der Waals surface area (Å²) in [5, 5.41) is 3.55. The van der Waals surface area contributed by atoms with Gasteiger partial charge in [0.2, 0.25) is 8.32 Å². The predicted molar refractivity (Wildman–Crippen MR) is 81.5 cm³/mol. The third-order valence-electron chi connectivity index (χ3n) is 4.07. The summed E-state index contributed by atoms with van der Waals surface area (Å²) in [5.41, 5.74) is 1.21. The molecule has 3 nitrogen and oxygen atoms in total. The maximum Gasteiger partial charge on any atom is 0.250 e. The van der Waals surface area contributed by atoms with Crippen molar-refractivity contribution >= 4 is 8.32 Å². The minimum atomic E-state index is -1.77. The van der Waals surface area contributed by atoms with E-state index in [9.17, 15) is 0 Å². The van der Waals surface area contributed by atoms with Crippen LogP contribution >= 0.6 is 0 Å². The van der Waals surface area contributed by atoms with Crippen molar-refractivity contribution in [3.8, 4) is 11.5 Å². The topological polar surface area (TPSA) is 30.5 Å². The first kappa shape index (κ1) is 14.4. The summed E-state index contributed by atoms with van der Waals surface area (Å²) in [6.45, 7) is 13.8. The third-order valence-corrected chi connectivity index (χ3v) is 8.43. The highest BCUT2D eigenvalue weighted by Crippen LogP contribution is 2.38. The molecular weight excluding hydrogens is 254 g/mol. The largest absolute Gasteiger partial charge is 0.543 e. The Hall–Kier alpha value is -1.00. The van der Waals surface area contributed by atoms with Gasteiger partial charge in [-0.25, -0.2) is 0 Å². The highest BCUT2D eigenvalue weighted by atomic mass is 28.4. The number of ether oxygens (including phenoxy) is 1. The first-order valence-corrected chi connectivity index (χ1v) is 9.86. The Morgan fingerprint density at radius 3 is 2.68 bits per heavy atom. The van der Waals surface area contributed by atoms with Crippen molar-refractivity contribution in [2.75, 3.05) is 13.2 Å². The van der Waals surface area contributed by atoms with E-state index in [4.69, 9.17) is 9.16 Å². The smallest absolute Gasteiger partial charge is 0.250 e. The lowest BCUT2D eigenvalue weighted by Crippen LogP contribution is -2.43. The van der Waals surface area contributed by atoms with Crippen LogP contribution in [0.25, 0.3) is 0 Å². The number of fused-ring (bicyclic) bond motifs is 1. The van der Waals surface area contributed by atoms with Crippen LogP contribution in [0.2, 0.25) is 18.1 Å². The molecule has 0 fully saturated rings. The predicted octanol–water partition coefficient (Wildman–Crippen LogP) is 3.55. The third kappa shape index (κ3) is 3.31. The van der Waals surface area contributed by atoms with E-state index >= 15 is 0 Å². The van der Waals surface area contributed by atoms with Crippen LogP contribution in [-0.2, 0) is 6.54 Å². The van der Waals surface area contributed by atoms with Gasteiger partial charge < -0.3 is 14.5 Å². The van der Waals surface area contributed by atoms with Crippen LogP contribution in [0.15, 0.2) is 18.2 Å². The van der Waals surface area contributed by atoms with Crippen LogP contribution < -0.4 is 14.5 Å². The molecule has 0 amide bonds. The average molecular weight is 279 g/mol. The molecule has 1 aromatic carbocycles. The molecule has 0 spiro atoms. The minimum Gasteiger partial charge on any atom is -0.543 e. The molecule has 106 valence electrons. The average Bonchev–Trinajstić information content (AvgIpc) is 2.51. The van der Waals surface area contributed by atoms with E-state index in [1.54, 1.807) is 0 Å². The summed E-state index contributed by atoms with van der Waals surface area (Å²) < 4.78 is 12.1. The maximum atomic E-state index is 6.31. The molecule has 4 heteroatoms. The van der Waals surface area contributed by atoms with Gasteiger partial charge in [-0.3, -0.25) is 0 Å². The van der Waals surface area contributed by atoms with E-state index in [1.165, 1.54) is 5.56 Å². The van der Waals surface area contributed by atoms with Crippen LogP contribution in [-0.4, -0.2) is 21.5 Å². The van der Waals surface area contributed by atoms with Gasteiger partial charge >= 0.3 is 0 Å². The van der Waals surface area contributed by atoms with Gasteiger partial charge in [-0.05, 0) is 24.2 Å². The molecule has 1 aliphatic rings. The van der Waals surface area contributed by atoms with Crippen LogP contribution in [0.5, 0.6) is 11.5 Å². The summed E-state index contributed by atoms with van der Waals surface area (Å²) in [7, 11) is -1.77. The lowest BCUT2D eigenvalue weighted by Gasteiger charge is -2.36. The van der Waals surface area contributed by atoms with Gasteiger partial charge in [0, 0.05) is 24.7 Å². The zero-order valence-electron chi connectivity index (χ0n) is 12.7. The second kappa shape index (κ2) is 5.17. The van der Waals surface area contributed by atoms with E-state index in [2.05, 4.69) is 51.3 Å². The van der Waals surface area contributed by atoms with Gasteiger partial charge in [0.05, 0.1) is 0 Å². The summed E-state index contributed by atoms with van der Waals surface area (Å²) >= 11 is 0. The standard InChI is InChI=1S/C15H25NO2Si/c1-15(2,3)19(4,5)18-13-7-6-12-11-16-8-9-17-14(12)10-13/h6-7,10,16H,8-9,11H2,1-5H3. The van der Waals surface area contributed by atoms with Gasteiger partial charge in [-0.2, -0.15) is 0 Å². The minimum absolute atomic E-state index is 0.211. The monoisotopic (exact) mass is 279 g/mol. The second-order valence-corrected chi connectivity index (χ2v) is 11.4. The Morgan fingerprint density at radius 2 is 2.00 bits per heavy atom. The number of benzene rings is 1. The summed E-state index contributed by atoms with van der Waals surface area (Å²) in [4.78, 5) is 0. The van der Waals surface area contributed by atoms with E-state index < -0.39 is 8.32 Å². The Kier molecular flexibility index (Phi) is 3.92. The van der Waals surface area contributed by atoms with Crippen molar-refractivity contribution in [2.45, 2.75) is 45.4 Å². The number of hydrogen-bond donors (Lipinski definition) is 1. The highest BCUT2D eigenvalue weighted by molar-refractivity contribution is 6.74. The normalized spacial score (nSPS) is 16.3. The fraction of sp³-hybridized carbons (Fsp3) is 0.600. The Morgan fingerprint density at radius 1 is 1.26 bits per heavy atom. The second-order valence-electron chi connectivity index (χ2n) is 6.66. The van der Waals surface area contributed by atoms with Crippen molar-refractivity contribution in [1.82, 2.24) is 5.32 Å². The first-order valence-electron chi connectivity index (χ1n) is 6.95. The molecule has 1 aliphatic heterocycles. The molecule has 0 unspecified atom stereocenters. The van der Waals surface area contributed by atoms with Crippen LogP contribution in [0.4, 0.5) is 0 Å². The molecular formula is C15H25NO2Si. The molecule has 19 heavy (non-hydrogen) atoms. The summed E-state index contributed by atoms with van der Waals surface area (Å²) in [6.07, 6.45) is 0. The van der Waals surface area contributed by atoms with E-state index in [1.807, 2.05) is 6.07 Å². The molecule has 0 saturated carbocycles. The van der Waals surface area contributed by atoms with Gasteiger partial charge in [0.15, 0.2) is 0 Å². The Balaban J connectivity index is 2.21. The van der Waals surface area contributed by atoms with Gasteiger partial charge in [-0.15, -0.1) is 0 Å². The van der Waals surface area contributed by atoms with E-state index in [0.29, 0.717) is 0 Å². The number of hydrogen-bond acceptors (Lipinski definition) is 3. The zero-order chi connectivity index (χ0) is 14.1. The molecule has 1 N–H and O–H groups in total. The molecule has 0 radical (unpaired) electrons. The van der Waals surface area contributed by atoms with Crippen LogP contribution in [0, 0.1) is 0 Å². The van der Waals surface area contributed by atoms with Gasteiger partial charge in [0.25, 0.3) is 0 Å². The van der Waals surface area contributed by atoms with Crippen molar-refractivity contribution in [1.29, 1.82) is 0 Å². The number of rotatable bonds is 2. The van der Waals surface area contributed by atoms with E-state index in [-0.39, 0.29) is 5.04 Å². The maximum absolute atomic E-state index is 6.31. The molecule has 0 saturated heterocycles. The lowest BCUT2D eigenvalue weighted by atomic mass is 10.2. The highest BCUT2D eigenvalue weighted by Gasteiger charge is 2.39. The molecule has 0 bridgehead atoms. The van der Waals surface area contributed by atoms with Crippen molar-refractivity contribution in [2.24, 2.45) is 0 Å². The van der Waals surface area contributed by atoms with Crippen LogP contribution in [0.3, 0.4) is 0 Å². The van der Waals surface area contributed by atoms with Gasteiger partial charge in [0.1, 0.15) is 18.1 Å². The molecule has 0 aromatic heterocycles. The zero-order valence-corrected chi connectivity index (χ0v) is 13.7. The molecule has 1 heterocycles. The summed E-state index contributed by atoms with van der Waals surface area (Å²) in [5.74, 6) is 1.90. The van der Waals surface area contributed by atoms with Crippen LogP contribution in [0.1, 0.15) is 26.3 Å². The van der Waals surface area contributed by atoms with Crippen molar-refractivity contribution < 1.29 is 9.16 Å². The number of nitrogens with one attached hydrogen (secondary N) is 1. The SMILES string of the molecule is CC(C)(C)[Si](C)(C)Oc1ccc2c(c1)OCCNC2. The van der Waals surface area contributed by atoms with Crippen molar-refractivity contribution in [3.63, 3.8) is 0 Å². The van der Waals surface area contributed by atoms with Crippen molar-refractivity contribution in [3.05, 3.63) is 23.8 Å². The molecule has 0 atom stereocenters. The Bertz CT molecular complexity index is 452. The molecule has 2 rings (SSSR count). The van der Waals surface area contributed by atoms with E-state index in [0.717, 1.165) is 31.2 Å². The molecule has 0 aliphatic carbocycles.